The highest BCUT2D eigenvalue weighted by Crippen LogP contribution is 2.21. The molecule has 2 aromatic carbocycles. The highest BCUT2D eigenvalue weighted by Gasteiger charge is 2.13. The third-order valence-corrected chi connectivity index (χ3v) is 5.15. The van der Waals surface area contributed by atoms with Gasteiger partial charge in [-0.15, -0.1) is 0 Å². The van der Waals surface area contributed by atoms with Gasteiger partial charge in [0.05, 0.1) is 0 Å². The normalized spacial score (nSPS) is 11.3. The summed E-state index contributed by atoms with van der Waals surface area (Å²) in [5.74, 6) is 0. The van der Waals surface area contributed by atoms with E-state index in [4.69, 9.17) is 0 Å². The van der Waals surface area contributed by atoms with Crippen molar-refractivity contribution >= 4 is 16.6 Å². The Morgan fingerprint density at radius 3 is 2.33 bits per heavy atom. The first-order valence-electron chi connectivity index (χ1n) is 9.66. The number of aromatic nitrogens is 1. The Morgan fingerprint density at radius 1 is 0.963 bits per heavy atom. The average molecular weight is 364 g/mol. The van der Waals surface area contributed by atoms with Crippen molar-refractivity contribution in [3.05, 3.63) is 75.6 Å². The number of hydrogen-bond donors (Lipinski definition) is 1. The second-order valence-electron chi connectivity index (χ2n) is 7.12. The minimum atomic E-state index is 0.134. The van der Waals surface area contributed by atoms with Crippen LogP contribution in [0.3, 0.4) is 0 Å². The van der Waals surface area contributed by atoms with Crippen LogP contribution in [0.4, 0.5) is 5.69 Å². The van der Waals surface area contributed by atoms with Crippen molar-refractivity contribution in [2.45, 2.75) is 33.9 Å². The van der Waals surface area contributed by atoms with Gasteiger partial charge in [-0.1, -0.05) is 30.3 Å². The van der Waals surface area contributed by atoms with Gasteiger partial charge in [-0.25, -0.2) is 0 Å². The fourth-order valence-corrected chi connectivity index (χ4v) is 3.64. The lowest BCUT2D eigenvalue weighted by molar-refractivity contribution is 0.317. The number of aryl methyl sites for hydroxylation is 1. The predicted octanol–water partition coefficient (Wildman–Crippen LogP) is 4.31. The maximum absolute atomic E-state index is 13.2. The zero-order valence-corrected chi connectivity index (χ0v) is 16.7. The molecule has 0 spiro atoms. The Balaban J connectivity index is 1.93. The summed E-state index contributed by atoms with van der Waals surface area (Å²) in [7, 11) is 2.06. The summed E-state index contributed by atoms with van der Waals surface area (Å²) in [5, 5.41) is 0.771. The van der Waals surface area contributed by atoms with E-state index in [1.165, 1.54) is 5.56 Å². The Morgan fingerprint density at radius 2 is 1.67 bits per heavy atom. The second-order valence-corrected chi connectivity index (χ2v) is 7.12. The van der Waals surface area contributed by atoms with E-state index < -0.39 is 0 Å². The van der Waals surface area contributed by atoms with Crippen molar-refractivity contribution in [3.63, 3.8) is 0 Å². The Bertz CT molecular complexity index is 959. The van der Waals surface area contributed by atoms with Gasteiger partial charge in [0, 0.05) is 54.0 Å². The van der Waals surface area contributed by atoms with Gasteiger partial charge >= 0.3 is 0 Å². The third kappa shape index (κ3) is 4.22. The lowest BCUT2D eigenvalue weighted by atomic mass is 10.1. The van der Waals surface area contributed by atoms with Gasteiger partial charge in [-0.3, -0.25) is 9.69 Å². The third-order valence-electron chi connectivity index (χ3n) is 5.15. The molecule has 0 saturated carbocycles. The fraction of sp³-hybridized carbons (Fsp3) is 0.348. The largest absolute Gasteiger partial charge is 0.372 e. The van der Waals surface area contributed by atoms with Crippen molar-refractivity contribution < 1.29 is 0 Å². The molecule has 0 saturated heterocycles. The first-order chi connectivity index (χ1) is 13.0. The molecule has 0 bridgehead atoms. The van der Waals surface area contributed by atoms with Crippen LogP contribution in [-0.2, 0) is 13.1 Å². The lowest BCUT2D eigenvalue weighted by Crippen LogP contribution is -2.25. The van der Waals surface area contributed by atoms with Crippen LogP contribution < -0.4 is 10.3 Å². The van der Waals surface area contributed by atoms with E-state index in [9.17, 15) is 4.79 Å². The van der Waals surface area contributed by atoms with E-state index in [0.717, 1.165) is 47.5 Å². The molecule has 1 heterocycles. The highest BCUT2D eigenvalue weighted by atomic mass is 16.1. The van der Waals surface area contributed by atoms with E-state index >= 15 is 0 Å². The van der Waals surface area contributed by atoms with Crippen LogP contribution >= 0.6 is 0 Å². The van der Waals surface area contributed by atoms with Crippen molar-refractivity contribution in [1.82, 2.24) is 9.88 Å². The molecule has 1 N–H and O–H groups in total. The molecule has 0 aliphatic carbocycles. The summed E-state index contributed by atoms with van der Waals surface area (Å²) in [6.45, 7) is 9.56. The molecule has 1 aromatic heterocycles. The molecule has 0 aliphatic rings. The van der Waals surface area contributed by atoms with Crippen LogP contribution in [0.1, 0.15) is 30.7 Å². The predicted molar refractivity (Wildman–Crippen MR) is 114 cm³/mol. The van der Waals surface area contributed by atoms with Gasteiger partial charge in [0.15, 0.2) is 5.43 Å². The molecule has 0 unspecified atom stereocenters. The molecular formula is C23H29N3O. The SMILES string of the molecule is CCN(CC)c1ccc2[nH]c(C)c(CN(C)Cc3ccccc3)c(=O)c2c1. The Kier molecular flexibility index (Phi) is 5.97. The van der Waals surface area contributed by atoms with Crippen molar-refractivity contribution in [2.75, 3.05) is 25.0 Å². The Labute approximate surface area is 161 Å². The molecule has 0 amide bonds. The summed E-state index contributed by atoms with van der Waals surface area (Å²) in [4.78, 5) is 21.1. The first kappa shape index (κ1) is 19.2. The zero-order valence-electron chi connectivity index (χ0n) is 16.7. The van der Waals surface area contributed by atoms with Gasteiger partial charge in [0.2, 0.25) is 0 Å². The number of pyridine rings is 1. The number of nitrogens with one attached hydrogen (secondary N) is 1. The van der Waals surface area contributed by atoms with Crippen LogP contribution in [0.2, 0.25) is 0 Å². The molecule has 0 fully saturated rings. The van der Waals surface area contributed by atoms with Gasteiger partial charge in [-0.05, 0) is 51.6 Å². The highest BCUT2D eigenvalue weighted by molar-refractivity contribution is 5.83. The topological polar surface area (TPSA) is 39.3 Å². The maximum atomic E-state index is 13.2. The Hall–Kier alpha value is -2.59. The van der Waals surface area contributed by atoms with Gasteiger partial charge in [0.25, 0.3) is 0 Å². The molecule has 4 heteroatoms. The summed E-state index contributed by atoms with van der Waals surface area (Å²) in [5.41, 5.74) is 5.18. The van der Waals surface area contributed by atoms with E-state index in [0.29, 0.717) is 6.54 Å². The zero-order chi connectivity index (χ0) is 19.4. The fourth-order valence-electron chi connectivity index (χ4n) is 3.64. The smallest absolute Gasteiger partial charge is 0.194 e. The maximum Gasteiger partial charge on any atom is 0.194 e. The van der Waals surface area contributed by atoms with E-state index in [1.54, 1.807) is 0 Å². The molecule has 0 atom stereocenters. The van der Waals surface area contributed by atoms with Gasteiger partial charge in [0.1, 0.15) is 0 Å². The number of anilines is 1. The molecule has 142 valence electrons. The molecule has 27 heavy (non-hydrogen) atoms. The van der Waals surface area contributed by atoms with Crippen LogP contribution in [0, 0.1) is 6.92 Å². The molecule has 4 nitrogen and oxygen atoms in total. The summed E-state index contributed by atoms with van der Waals surface area (Å²) < 4.78 is 0. The molecule has 3 aromatic rings. The van der Waals surface area contributed by atoms with Crippen molar-refractivity contribution in [1.29, 1.82) is 0 Å². The summed E-state index contributed by atoms with van der Waals surface area (Å²) in [6.07, 6.45) is 0. The molecule has 0 radical (unpaired) electrons. The number of H-pyrrole nitrogens is 1. The van der Waals surface area contributed by atoms with Crippen LogP contribution in [0.25, 0.3) is 10.9 Å². The number of nitrogens with zero attached hydrogens (tertiary/aromatic N) is 2. The molecule has 0 aliphatic heterocycles. The van der Waals surface area contributed by atoms with Crippen molar-refractivity contribution in [2.24, 2.45) is 0 Å². The number of aromatic amines is 1. The number of fused-ring (bicyclic) bond motifs is 1. The number of hydrogen-bond acceptors (Lipinski definition) is 3. The van der Waals surface area contributed by atoms with Crippen molar-refractivity contribution in [3.8, 4) is 0 Å². The minimum absolute atomic E-state index is 0.134. The standard InChI is InChI=1S/C23H29N3O/c1-5-26(6-2)19-12-13-22-20(14-19)23(27)21(17(3)24-22)16-25(4)15-18-10-8-7-9-11-18/h7-14H,5-6,15-16H2,1-4H3,(H,24,27). The van der Waals surface area contributed by atoms with Crippen LogP contribution in [0.15, 0.2) is 53.3 Å². The number of rotatable bonds is 7. The van der Waals surface area contributed by atoms with Crippen LogP contribution in [-0.4, -0.2) is 30.0 Å². The summed E-state index contributed by atoms with van der Waals surface area (Å²) in [6, 6.07) is 16.5. The lowest BCUT2D eigenvalue weighted by Gasteiger charge is -2.22. The molecule has 3 rings (SSSR count). The van der Waals surface area contributed by atoms with Gasteiger partial charge in [-0.2, -0.15) is 0 Å². The average Bonchev–Trinajstić information content (AvgIpc) is 2.67. The van der Waals surface area contributed by atoms with Crippen LogP contribution in [0.5, 0.6) is 0 Å². The summed E-state index contributed by atoms with van der Waals surface area (Å²) >= 11 is 0. The quantitative estimate of drug-likeness (QED) is 0.680. The monoisotopic (exact) mass is 363 g/mol. The second kappa shape index (κ2) is 8.40. The van der Waals surface area contributed by atoms with E-state index in [2.05, 4.69) is 53.9 Å². The minimum Gasteiger partial charge on any atom is -0.372 e. The van der Waals surface area contributed by atoms with E-state index in [1.807, 2.05) is 37.3 Å². The number of benzene rings is 2. The van der Waals surface area contributed by atoms with Gasteiger partial charge < -0.3 is 9.88 Å². The first-order valence-corrected chi connectivity index (χ1v) is 9.66. The molecular weight excluding hydrogens is 334 g/mol. The van der Waals surface area contributed by atoms with E-state index in [-0.39, 0.29) is 5.43 Å².